The van der Waals surface area contributed by atoms with Crippen LogP contribution in [0.2, 0.25) is 0 Å². The number of morpholine rings is 1. The molecule has 5 nitrogen and oxygen atoms in total. The molecule has 1 aliphatic rings. The Labute approximate surface area is 135 Å². The van der Waals surface area contributed by atoms with E-state index in [0.29, 0.717) is 25.8 Å². The fourth-order valence-electron chi connectivity index (χ4n) is 2.63. The van der Waals surface area contributed by atoms with E-state index in [9.17, 15) is 4.79 Å². The zero-order valence-electron chi connectivity index (χ0n) is 15.0. The van der Waals surface area contributed by atoms with Crippen LogP contribution in [0, 0.1) is 0 Å². The Morgan fingerprint density at radius 3 is 2.77 bits per heavy atom. The topological polar surface area (TPSA) is 50.8 Å². The standard InChI is InChI=1S/C17H34N2O3/c1-6-7-8-9-18-14(2)12-15-13-21-11-10-19(15)16(20)22-17(3,4)5/h14-15,18H,6-13H2,1-5H3. The molecule has 130 valence electrons. The van der Waals surface area contributed by atoms with E-state index in [1.54, 1.807) is 0 Å². The number of ether oxygens (including phenoxy) is 2. The highest BCUT2D eigenvalue weighted by molar-refractivity contribution is 5.68. The van der Waals surface area contributed by atoms with E-state index in [-0.39, 0.29) is 12.1 Å². The normalized spacial score (nSPS) is 20.8. The minimum atomic E-state index is -0.454. The summed E-state index contributed by atoms with van der Waals surface area (Å²) < 4.78 is 11.1. The zero-order chi connectivity index (χ0) is 16.6. The van der Waals surface area contributed by atoms with Gasteiger partial charge in [-0.05, 0) is 47.1 Å². The lowest BCUT2D eigenvalue weighted by molar-refractivity contribution is -0.0355. The fraction of sp³-hybridized carbons (Fsp3) is 0.941. The van der Waals surface area contributed by atoms with E-state index in [0.717, 1.165) is 13.0 Å². The highest BCUT2D eigenvalue weighted by Crippen LogP contribution is 2.17. The van der Waals surface area contributed by atoms with Crippen LogP contribution in [0.15, 0.2) is 0 Å². The molecule has 1 amide bonds. The number of hydrogen-bond acceptors (Lipinski definition) is 4. The third-order valence-corrected chi connectivity index (χ3v) is 3.75. The predicted octanol–water partition coefficient (Wildman–Crippen LogP) is 3.18. The molecule has 0 aromatic heterocycles. The van der Waals surface area contributed by atoms with E-state index in [2.05, 4.69) is 19.2 Å². The van der Waals surface area contributed by atoms with Gasteiger partial charge in [-0.15, -0.1) is 0 Å². The van der Waals surface area contributed by atoms with Gasteiger partial charge >= 0.3 is 6.09 Å². The summed E-state index contributed by atoms with van der Waals surface area (Å²) in [6.07, 6.45) is 4.37. The molecule has 2 atom stereocenters. The second-order valence-electron chi connectivity index (χ2n) is 7.20. The average molecular weight is 314 g/mol. The Kier molecular flexibility index (Phi) is 8.18. The number of unbranched alkanes of at least 4 members (excludes halogenated alkanes) is 2. The molecule has 1 saturated heterocycles. The van der Waals surface area contributed by atoms with Gasteiger partial charge in [0.05, 0.1) is 19.3 Å². The van der Waals surface area contributed by atoms with Crippen molar-refractivity contribution in [3.63, 3.8) is 0 Å². The average Bonchev–Trinajstić information content (AvgIpc) is 2.42. The van der Waals surface area contributed by atoms with Crippen molar-refractivity contribution < 1.29 is 14.3 Å². The quantitative estimate of drug-likeness (QED) is 0.733. The van der Waals surface area contributed by atoms with Crippen molar-refractivity contribution >= 4 is 6.09 Å². The Morgan fingerprint density at radius 2 is 2.14 bits per heavy atom. The molecule has 0 radical (unpaired) electrons. The monoisotopic (exact) mass is 314 g/mol. The summed E-state index contributed by atoms with van der Waals surface area (Å²) in [6.45, 7) is 12.9. The Balaban J connectivity index is 2.45. The molecule has 1 fully saturated rings. The largest absolute Gasteiger partial charge is 0.444 e. The third kappa shape index (κ3) is 7.45. The Morgan fingerprint density at radius 1 is 1.41 bits per heavy atom. The maximum Gasteiger partial charge on any atom is 0.410 e. The number of carbonyl (C=O) groups excluding carboxylic acids is 1. The molecule has 1 rings (SSSR count). The summed E-state index contributed by atoms with van der Waals surface area (Å²) in [5.41, 5.74) is -0.454. The van der Waals surface area contributed by atoms with Gasteiger partial charge < -0.3 is 19.7 Å². The molecule has 2 unspecified atom stereocenters. The van der Waals surface area contributed by atoms with Crippen molar-refractivity contribution in [1.29, 1.82) is 0 Å². The predicted molar refractivity (Wildman–Crippen MR) is 89.2 cm³/mol. The lowest BCUT2D eigenvalue weighted by atomic mass is 10.1. The van der Waals surface area contributed by atoms with Crippen molar-refractivity contribution in [1.82, 2.24) is 10.2 Å². The van der Waals surface area contributed by atoms with Gasteiger partial charge in [0.15, 0.2) is 0 Å². The van der Waals surface area contributed by atoms with Crippen molar-refractivity contribution in [3.05, 3.63) is 0 Å². The van der Waals surface area contributed by atoms with Crippen LogP contribution in [0.1, 0.15) is 60.3 Å². The summed E-state index contributed by atoms with van der Waals surface area (Å²) in [4.78, 5) is 14.2. The Bertz CT molecular complexity index is 328. The van der Waals surface area contributed by atoms with Crippen LogP contribution >= 0.6 is 0 Å². The summed E-state index contributed by atoms with van der Waals surface area (Å²) in [6, 6.07) is 0.464. The van der Waals surface area contributed by atoms with Gasteiger partial charge in [-0.1, -0.05) is 19.8 Å². The van der Waals surface area contributed by atoms with Crippen molar-refractivity contribution in [2.75, 3.05) is 26.3 Å². The molecule has 0 spiro atoms. The van der Waals surface area contributed by atoms with Gasteiger partial charge in [0, 0.05) is 12.6 Å². The SMILES string of the molecule is CCCCCNC(C)CC1COCCN1C(=O)OC(C)(C)C. The van der Waals surface area contributed by atoms with Crippen LogP contribution in [0.3, 0.4) is 0 Å². The molecule has 0 saturated carbocycles. The molecular formula is C17H34N2O3. The van der Waals surface area contributed by atoms with Crippen molar-refractivity contribution in [2.45, 2.75) is 78.0 Å². The highest BCUT2D eigenvalue weighted by atomic mass is 16.6. The minimum Gasteiger partial charge on any atom is -0.444 e. The van der Waals surface area contributed by atoms with Crippen LogP contribution in [-0.4, -0.2) is 55.0 Å². The first-order chi connectivity index (χ1) is 10.3. The first-order valence-electron chi connectivity index (χ1n) is 8.64. The van der Waals surface area contributed by atoms with E-state index in [1.165, 1.54) is 19.3 Å². The molecule has 22 heavy (non-hydrogen) atoms. The van der Waals surface area contributed by atoms with Crippen LogP contribution in [0.25, 0.3) is 0 Å². The van der Waals surface area contributed by atoms with Crippen LogP contribution in [-0.2, 0) is 9.47 Å². The third-order valence-electron chi connectivity index (χ3n) is 3.75. The van der Waals surface area contributed by atoms with Gasteiger partial charge in [0.1, 0.15) is 5.60 Å². The molecular weight excluding hydrogens is 280 g/mol. The van der Waals surface area contributed by atoms with Crippen molar-refractivity contribution in [3.8, 4) is 0 Å². The molecule has 1 N–H and O–H groups in total. The molecule has 5 heteroatoms. The van der Waals surface area contributed by atoms with Gasteiger partial charge in [0.25, 0.3) is 0 Å². The molecule has 1 heterocycles. The fourth-order valence-corrected chi connectivity index (χ4v) is 2.63. The van der Waals surface area contributed by atoms with E-state index in [4.69, 9.17) is 9.47 Å². The van der Waals surface area contributed by atoms with Gasteiger partial charge in [-0.3, -0.25) is 0 Å². The van der Waals surface area contributed by atoms with Crippen LogP contribution < -0.4 is 5.32 Å². The smallest absolute Gasteiger partial charge is 0.410 e. The molecule has 0 aromatic carbocycles. The first-order valence-corrected chi connectivity index (χ1v) is 8.64. The lowest BCUT2D eigenvalue weighted by Crippen LogP contribution is -2.52. The van der Waals surface area contributed by atoms with Gasteiger partial charge in [-0.2, -0.15) is 0 Å². The maximum absolute atomic E-state index is 12.3. The summed E-state index contributed by atoms with van der Waals surface area (Å²) in [5.74, 6) is 0. The maximum atomic E-state index is 12.3. The molecule has 0 aromatic rings. The number of nitrogens with one attached hydrogen (secondary N) is 1. The number of nitrogens with zero attached hydrogens (tertiary/aromatic N) is 1. The highest BCUT2D eigenvalue weighted by Gasteiger charge is 2.31. The molecule has 1 aliphatic heterocycles. The van der Waals surface area contributed by atoms with Crippen LogP contribution in [0.5, 0.6) is 0 Å². The first kappa shape index (κ1) is 19.2. The number of carbonyl (C=O) groups is 1. The van der Waals surface area contributed by atoms with Crippen LogP contribution in [0.4, 0.5) is 4.79 Å². The summed E-state index contributed by atoms with van der Waals surface area (Å²) in [7, 11) is 0. The van der Waals surface area contributed by atoms with E-state index < -0.39 is 5.60 Å². The summed E-state index contributed by atoms with van der Waals surface area (Å²) >= 11 is 0. The van der Waals surface area contributed by atoms with Gasteiger partial charge in [0.2, 0.25) is 0 Å². The molecule has 0 aliphatic carbocycles. The number of hydrogen-bond donors (Lipinski definition) is 1. The summed E-state index contributed by atoms with van der Waals surface area (Å²) in [5, 5.41) is 3.54. The molecule has 0 bridgehead atoms. The Hall–Kier alpha value is -0.810. The number of amides is 1. The second kappa shape index (κ2) is 9.36. The zero-order valence-corrected chi connectivity index (χ0v) is 15.0. The second-order valence-corrected chi connectivity index (χ2v) is 7.20. The lowest BCUT2D eigenvalue weighted by Gasteiger charge is -2.37. The number of rotatable bonds is 7. The van der Waals surface area contributed by atoms with Gasteiger partial charge in [-0.25, -0.2) is 4.79 Å². The van der Waals surface area contributed by atoms with E-state index >= 15 is 0 Å². The van der Waals surface area contributed by atoms with E-state index in [1.807, 2.05) is 25.7 Å². The van der Waals surface area contributed by atoms with Crippen molar-refractivity contribution in [2.24, 2.45) is 0 Å². The minimum absolute atomic E-state index is 0.0947.